The lowest BCUT2D eigenvalue weighted by molar-refractivity contribution is -0.115. The molecule has 0 spiro atoms. The Labute approximate surface area is 161 Å². The molecule has 3 aromatic rings. The lowest BCUT2D eigenvalue weighted by atomic mass is 10.1. The largest absolute Gasteiger partial charge is 0.454 e. The van der Waals surface area contributed by atoms with Gasteiger partial charge in [-0.05, 0) is 47.5 Å². The molecule has 0 saturated heterocycles. The van der Waals surface area contributed by atoms with Crippen molar-refractivity contribution in [3.05, 3.63) is 77.7 Å². The van der Waals surface area contributed by atoms with E-state index in [-0.39, 0.29) is 24.9 Å². The summed E-state index contributed by atoms with van der Waals surface area (Å²) in [6.45, 7) is 0.835. The highest BCUT2D eigenvalue weighted by Gasteiger charge is 2.13. The number of pyridine rings is 1. The Bertz CT molecular complexity index is 975. The van der Waals surface area contributed by atoms with E-state index >= 15 is 0 Å². The van der Waals surface area contributed by atoms with Gasteiger partial charge in [-0.25, -0.2) is 9.37 Å². The average molecular weight is 379 g/mol. The van der Waals surface area contributed by atoms with E-state index in [0.717, 1.165) is 22.6 Å². The Morgan fingerprint density at radius 3 is 2.57 bits per heavy atom. The van der Waals surface area contributed by atoms with E-state index in [2.05, 4.69) is 15.6 Å². The zero-order valence-corrected chi connectivity index (χ0v) is 14.9. The number of fused-ring (bicyclic) bond motifs is 1. The van der Waals surface area contributed by atoms with Gasteiger partial charge in [0.2, 0.25) is 12.7 Å². The Kier molecular flexibility index (Phi) is 5.05. The highest BCUT2D eigenvalue weighted by molar-refractivity contribution is 5.92. The molecular formula is C21H18FN3O3. The summed E-state index contributed by atoms with van der Waals surface area (Å²) in [6, 6.07) is 15.2. The maximum atomic E-state index is 12.9. The second-order valence-electron chi connectivity index (χ2n) is 6.32. The van der Waals surface area contributed by atoms with Crippen LogP contribution >= 0.6 is 0 Å². The minimum Gasteiger partial charge on any atom is -0.454 e. The number of carbonyl (C=O) groups excluding carboxylic acids is 1. The van der Waals surface area contributed by atoms with Gasteiger partial charge in [-0.15, -0.1) is 0 Å². The lowest BCUT2D eigenvalue weighted by Gasteiger charge is -2.09. The number of hydrogen-bond donors (Lipinski definition) is 2. The van der Waals surface area contributed by atoms with Gasteiger partial charge in [0.1, 0.15) is 11.6 Å². The molecule has 2 heterocycles. The molecule has 1 aliphatic rings. The number of anilines is 2. The Hall–Kier alpha value is -3.61. The maximum Gasteiger partial charge on any atom is 0.231 e. The van der Waals surface area contributed by atoms with Crippen LogP contribution in [-0.2, 0) is 17.8 Å². The lowest BCUT2D eigenvalue weighted by Crippen LogP contribution is -2.14. The average Bonchev–Trinajstić information content (AvgIpc) is 3.17. The second kappa shape index (κ2) is 7.96. The monoisotopic (exact) mass is 379 g/mol. The van der Waals surface area contributed by atoms with E-state index < -0.39 is 0 Å². The van der Waals surface area contributed by atoms with Crippen molar-refractivity contribution in [2.45, 2.75) is 13.0 Å². The van der Waals surface area contributed by atoms with Gasteiger partial charge in [-0.1, -0.05) is 18.2 Å². The van der Waals surface area contributed by atoms with Crippen LogP contribution in [0, 0.1) is 5.82 Å². The summed E-state index contributed by atoms with van der Waals surface area (Å²) in [5.74, 6) is 1.68. The first-order chi connectivity index (χ1) is 13.7. The van der Waals surface area contributed by atoms with Crippen molar-refractivity contribution in [2.24, 2.45) is 0 Å². The van der Waals surface area contributed by atoms with Crippen LogP contribution in [0.5, 0.6) is 11.5 Å². The topological polar surface area (TPSA) is 72.5 Å². The third kappa shape index (κ3) is 4.37. The summed E-state index contributed by atoms with van der Waals surface area (Å²) in [6.07, 6.45) is 1.76. The molecular weight excluding hydrogens is 361 g/mol. The Morgan fingerprint density at radius 1 is 1.00 bits per heavy atom. The molecule has 2 N–H and O–H groups in total. The molecule has 4 rings (SSSR count). The number of aromatic nitrogens is 1. The van der Waals surface area contributed by atoms with Crippen LogP contribution in [0.4, 0.5) is 15.9 Å². The van der Waals surface area contributed by atoms with E-state index in [1.807, 2.05) is 18.2 Å². The van der Waals surface area contributed by atoms with Crippen LogP contribution in [0.25, 0.3) is 0 Å². The van der Waals surface area contributed by atoms with Gasteiger partial charge in [0.25, 0.3) is 0 Å². The highest BCUT2D eigenvalue weighted by Crippen LogP contribution is 2.32. The molecule has 0 atom stereocenters. The molecule has 0 radical (unpaired) electrons. The zero-order valence-electron chi connectivity index (χ0n) is 14.9. The molecule has 6 nitrogen and oxygen atoms in total. The van der Waals surface area contributed by atoms with E-state index in [4.69, 9.17) is 9.47 Å². The van der Waals surface area contributed by atoms with Crippen molar-refractivity contribution >= 4 is 17.4 Å². The molecule has 0 fully saturated rings. The fourth-order valence-electron chi connectivity index (χ4n) is 2.81. The second-order valence-corrected chi connectivity index (χ2v) is 6.32. The summed E-state index contributed by atoms with van der Waals surface area (Å²) >= 11 is 0. The number of benzene rings is 2. The van der Waals surface area contributed by atoms with Crippen LogP contribution < -0.4 is 20.1 Å². The first-order valence-electron chi connectivity index (χ1n) is 8.78. The van der Waals surface area contributed by atoms with Gasteiger partial charge in [-0.2, -0.15) is 0 Å². The number of hydrogen-bond acceptors (Lipinski definition) is 5. The molecule has 0 aliphatic carbocycles. The number of halogens is 1. The number of nitrogens with zero attached hydrogens (tertiary/aromatic N) is 1. The fraction of sp³-hybridized carbons (Fsp3) is 0.143. The van der Waals surface area contributed by atoms with E-state index in [0.29, 0.717) is 18.1 Å². The minimum absolute atomic E-state index is 0.171. The predicted octanol–water partition coefficient (Wildman–Crippen LogP) is 3.74. The SMILES string of the molecule is O=C(Cc1ccc(F)cc1)Nc1ccc(NCc2ccc3c(c2)OCO3)nc1. The van der Waals surface area contributed by atoms with Crippen LogP contribution in [-0.4, -0.2) is 17.7 Å². The molecule has 142 valence electrons. The molecule has 1 aliphatic heterocycles. The summed E-state index contributed by atoms with van der Waals surface area (Å²) in [7, 11) is 0. The van der Waals surface area contributed by atoms with Crippen LogP contribution in [0.2, 0.25) is 0 Å². The third-order valence-electron chi connectivity index (χ3n) is 4.24. The van der Waals surface area contributed by atoms with Gasteiger partial charge in [-0.3, -0.25) is 4.79 Å². The van der Waals surface area contributed by atoms with E-state index in [1.54, 1.807) is 30.5 Å². The van der Waals surface area contributed by atoms with Gasteiger partial charge >= 0.3 is 0 Å². The normalized spacial score (nSPS) is 11.9. The van der Waals surface area contributed by atoms with Crippen molar-refractivity contribution in [3.63, 3.8) is 0 Å². The summed E-state index contributed by atoms with van der Waals surface area (Å²) in [4.78, 5) is 16.4. The molecule has 2 aromatic carbocycles. The Morgan fingerprint density at radius 2 is 1.79 bits per heavy atom. The van der Waals surface area contributed by atoms with Gasteiger partial charge in [0.05, 0.1) is 18.3 Å². The number of amides is 1. The van der Waals surface area contributed by atoms with Crippen molar-refractivity contribution in [2.75, 3.05) is 17.4 Å². The number of nitrogens with one attached hydrogen (secondary N) is 2. The van der Waals surface area contributed by atoms with Gasteiger partial charge < -0.3 is 20.1 Å². The van der Waals surface area contributed by atoms with E-state index in [1.165, 1.54) is 12.1 Å². The van der Waals surface area contributed by atoms with Crippen molar-refractivity contribution < 1.29 is 18.7 Å². The fourth-order valence-corrected chi connectivity index (χ4v) is 2.81. The van der Waals surface area contributed by atoms with Gasteiger partial charge in [0.15, 0.2) is 11.5 Å². The quantitative estimate of drug-likeness (QED) is 0.683. The Balaban J connectivity index is 1.29. The van der Waals surface area contributed by atoms with Gasteiger partial charge in [0, 0.05) is 6.54 Å². The van der Waals surface area contributed by atoms with Crippen molar-refractivity contribution in [1.29, 1.82) is 0 Å². The first-order valence-corrected chi connectivity index (χ1v) is 8.78. The van der Waals surface area contributed by atoms with E-state index in [9.17, 15) is 9.18 Å². The molecule has 1 aromatic heterocycles. The minimum atomic E-state index is -0.322. The summed E-state index contributed by atoms with van der Waals surface area (Å²) < 4.78 is 23.6. The highest BCUT2D eigenvalue weighted by atomic mass is 19.1. The maximum absolute atomic E-state index is 12.9. The smallest absolute Gasteiger partial charge is 0.231 e. The molecule has 1 amide bonds. The first kappa shape index (κ1) is 17.8. The molecule has 28 heavy (non-hydrogen) atoms. The molecule has 0 unspecified atom stereocenters. The van der Waals surface area contributed by atoms with Crippen molar-refractivity contribution in [3.8, 4) is 11.5 Å². The van der Waals surface area contributed by atoms with Crippen molar-refractivity contribution in [1.82, 2.24) is 4.98 Å². The molecule has 0 saturated carbocycles. The predicted molar refractivity (Wildman–Crippen MR) is 103 cm³/mol. The van der Waals surface area contributed by atoms with Crippen LogP contribution in [0.3, 0.4) is 0 Å². The van der Waals surface area contributed by atoms with Crippen LogP contribution in [0.1, 0.15) is 11.1 Å². The molecule has 0 bridgehead atoms. The molecule has 7 heteroatoms. The van der Waals surface area contributed by atoms with Crippen LogP contribution in [0.15, 0.2) is 60.8 Å². The number of carbonyl (C=O) groups is 1. The summed E-state index contributed by atoms with van der Waals surface area (Å²) in [5.41, 5.74) is 2.39. The number of rotatable bonds is 6. The summed E-state index contributed by atoms with van der Waals surface area (Å²) in [5, 5.41) is 6.00. The standard InChI is InChI=1S/C21H18FN3O3/c22-16-4-1-14(2-5-16)10-21(26)25-17-6-8-20(24-12-17)23-11-15-3-7-18-19(9-15)28-13-27-18/h1-9,12H,10-11,13H2,(H,23,24)(H,25,26). The number of ether oxygens (including phenoxy) is 2. The zero-order chi connectivity index (χ0) is 19.3. The third-order valence-corrected chi connectivity index (χ3v) is 4.24.